The van der Waals surface area contributed by atoms with Crippen LogP contribution in [-0.2, 0) is 9.53 Å². The second-order valence-corrected chi connectivity index (χ2v) is 6.15. The van der Waals surface area contributed by atoms with E-state index in [1.165, 1.54) is 6.92 Å². The van der Waals surface area contributed by atoms with Gasteiger partial charge in [0.15, 0.2) is 0 Å². The van der Waals surface area contributed by atoms with Gasteiger partial charge in [0.1, 0.15) is 12.6 Å². The normalized spacial score (nSPS) is 13.2. The fraction of sp³-hybridized carbons (Fsp3) is 0.238. The van der Waals surface area contributed by atoms with Crippen LogP contribution in [0.2, 0.25) is 0 Å². The van der Waals surface area contributed by atoms with Gasteiger partial charge in [-0.25, -0.2) is 9.59 Å². The minimum absolute atomic E-state index is 0.0841. The molecule has 0 radical (unpaired) electrons. The molecule has 3 rings (SSSR count). The maximum atomic E-state index is 12.4. The number of ether oxygens (including phenoxy) is 1. The van der Waals surface area contributed by atoms with Gasteiger partial charge in [-0.3, -0.25) is 4.90 Å². The molecule has 26 heavy (non-hydrogen) atoms. The first kappa shape index (κ1) is 17.6. The van der Waals surface area contributed by atoms with Crippen molar-refractivity contribution in [2.45, 2.75) is 18.9 Å². The molecule has 5 heteroatoms. The summed E-state index contributed by atoms with van der Waals surface area (Å²) < 4.78 is 5.45. The number of carbonyl (C=O) groups is 2. The molecule has 0 unspecified atom stereocenters. The SMILES string of the molecule is C#CCN(C(=O)OCC1c2ccccc2-c2ccccc21)[C@H](C)C(=O)O. The van der Waals surface area contributed by atoms with Gasteiger partial charge in [0, 0.05) is 5.92 Å². The molecule has 0 fully saturated rings. The molecule has 0 aromatic heterocycles. The molecule has 1 aliphatic rings. The average molecular weight is 349 g/mol. The van der Waals surface area contributed by atoms with E-state index in [0.717, 1.165) is 27.2 Å². The van der Waals surface area contributed by atoms with Crippen molar-refractivity contribution in [2.75, 3.05) is 13.2 Å². The van der Waals surface area contributed by atoms with Crippen LogP contribution in [0.1, 0.15) is 24.0 Å². The molecule has 0 spiro atoms. The molecule has 0 bridgehead atoms. The van der Waals surface area contributed by atoms with Crippen LogP contribution in [0, 0.1) is 12.3 Å². The van der Waals surface area contributed by atoms with Gasteiger partial charge in [-0.15, -0.1) is 6.42 Å². The summed E-state index contributed by atoms with van der Waals surface area (Å²) in [5.74, 6) is 1.09. The topological polar surface area (TPSA) is 66.8 Å². The highest BCUT2D eigenvalue weighted by molar-refractivity contribution is 5.81. The van der Waals surface area contributed by atoms with Gasteiger partial charge in [0.25, 0.3) is 0 Å². The molecule has 0 heterocycles. The van der Waals surface area contributed by atoms with Crippen LogP contribution in [0.4, 0.5) is 4.79 Å². The van der Waals surface area contributed by atoms with E-state index in [1.54, 1.807) is 0 Å². The van der Waals surface area contributed by atoms with E-state index in [9.17, 15) is 9.59 Å². The number of aliphatic carboxylic acids is 1. The average Bonchev–Trinajstić information content (AvgIpc) is 2.97. The molecule has 5 nitrogen and oxygen atoms in total. The first-order valence-electron chi connectivity index (χ1n) is 8.32. The Morgan fingerprint density at radius 3 is 2.19 bits per heavy atom. The van der Waals surface area contributed by atoms with Crippen molar-refractivity contribution in [1.29, 1.82) is 0 Å². The number of benzene rings is 2. The Labute approximate surface area is 152 Å². The van der Waals surface area contributed by atoms with E-state index in [4.69, 9.17) is 16.3 Å². The van der Waals surface area contributed by atoms with Crippen molar-refractivity contribution in [3.05, 3.63) is 59.7 Å². The Kier molecular flexibility index (Phi) is 4.94. The third-order valence-electron chi connectivity index (χ3n) is 4.66. The van der Waals surface area contributed by atoms with Gasteiger partial charge >= 0.3 is 12.1 Å². The Bertz CT molecular complexity index is 838. The Morgan fingerprint density at radius 1 is 1.15 bits per heavy atom. The summed E-state index contributed by atoms with van der Waals surface area (Å²) in [4.78, 5) is 24.6. The lowest BCUT2D eigenvalue weighted by Gasteiger charge is -2.24. The minimum Gasteiger partial charge on any atom is -0.480 e. The monoisotopic (exact) mass is 349 g/mol. The zero-order valence-electron chi connectivity index (χ0n) is 14.4. The van der Waals surface area contributed by atoms with E-state index in [1.807, 2.05) is 48.5 Å². The van der Waals surface area contributed by atoms with Crippen LogP contribution in [0.25, 0.3) is 11.1 Å². The smallest absolute Gasteiger partial charge is 0.411 e. The lowest BCUT2D eigenvalue weighted by atomic mass is 9.98. The van der Waals surface area contributed by atoms with Crippen molar-refractivity contribution in [3.8, 4) is 23.5 Å². The van der Waals surface area contributed by atoms with E-state index in [2.05, 4.69) is 5.92 Å². The fourth-order valence-corrected chi connectivity index (χ4v) is 3.27. The van der Waals surface area contributed by atoms with Crippen LogP contribution >= 0.6 is 0 Å². The largest absolute Gasteiger partial charge is 0.480 e. The van der Waals surface area contributed by atoms with Gasteiger partial charge in [0.2, 0.25) is 0 Å². The summed E-state index contributed by atoms with van der Waals surface area (Å²) in [6.45, 7) is 1.41. The number of carboxylic acid groups (broad SMARTS) is 1. The van der Waals surface area contributed by atoms with E-state index < -0.39 is 18.1 Å². The summed E-state index contributed by atoms with van der Waals surface area (Å²) >= 11 is 0. The van der Waals surface area contributed by atoms with Gasteiger partial charge in [-0.1, -0.05) is 54.5 Å². The molecule has 1 atom stereocenters. The number of carbonyl (C=O) groups excluding carboxylic acids is 1. The van der Waals surface area contributed by atoms with Crippen molar-refractivity contribution in [3.63, 3.8) is 0 Å². The number of hydrogen-bond acceptors (Lipinski definition) is 3. The molecule has 1 aliphatic carbocycles. The van der Waals surface area contributed by atoms with Gasteiger partial charge < -0.3 is 9.84 Å². The minimum atomic E-state index is -1.13. The quantitative estimate of drug-likeness (QED) is 0.841. The maximum absolute atomic E-state index is 12.4. The second kappa shape index (κ2) is 7.32. The number of rotatable bonds is 5. The molecular weight excluding hydrogens is 330 g/mol. The Hall–Kier alpha value is -3.26. The maximum Gasteiger partial charge on any atom is 0.411 e. The Morgan fingerprint density at radius 2 is 1.69 bits per heavy atom. The predicted molar refractivity (Wildman–Crippen MR) is 97.7 cm³/mol. The summed E-state index contributed by atoms with van der Waals surface area (Å²) in [6, 6.07) is 15.0. The molecule has 1 N–H and O–H groups in total. The lowest BCUT2D eigenvalue weighted by Crippen LogP contribution is -2.44. The molecule has 0 saturated carbocycles. The van der Waals surface area contributed by atoms with Crippen LogP contribution in [0.3, 0.4) is 0 Å². The highest BCUT2D eigenvalue weighted by Gasteiger charge is 2.31. The van der Waals surface area contributed by atoms with Crippen LogP contribution < -0.4 is 0 Å². The zero-order chi connectivity index (χ0) is 18.7. The molecular formula is C21H19NO4. The van der Waals surface area contributed by atoms with Crippen LogP contribution in [0.15, 0.2) is 48.5 Å². The predicted octanol–water partition coefficient (Wildman–Crippen LogP) is 3.34. The van der Waals surface area contributed by atoms with Crippen molar-refractivity contribution in [2.24, 2.45) is 0 Å². The van der Waals surface area contributed by atoms with E-state index in [0.29, 0.717) is 0 Å². The molecule has 0 aliphatic heterocycles. The van der Waals surface area contributed by atoms with Crippen LogP contribution in [0.5, 0.6) is 0 Å². The number of fused-ring (bicyclic) bond motifs is 3. The summed E-state index contributed by atoms with van der Waals surface area (Å²) in [6.07, 6.45) is 4.54. The lowest BCUT2D eigenvalue weighted by molar-refractivity contribution is -0.141. The van der Waals surface area contributed by atoms with Gasteiger partial charge in [-0.05, 0) is 29.2 Å². The fourth-order valence-electron chi connectivity index (χ4n) is 3.27. The van der Waals surface area contributed by atoms with E-state index >= 15 is 0 Å². The van der Waals surface area contributed by atoms with Crippen molar-refractivity contribution in [1.82, 2.24) is 4.90 Å². The van der Waals surface area contributed by atoms with Gasteiger partial charge in [0.05, 0.1) is 6.54 Å². The van der Waals surface area contributed by atoms with E-state index in [-0.39, 0.29) is 19.1 Å². The summed E-state index contributed by atoms with van der Waals surface area (Å²) in [5.41, 5.74) is 4.44. The summed E-state index contributed by atoms with van der Waals surface area (Å²) in [5, 5.41) is 9.15. The number of nitrogens with zero attached hydrogens (tertiary/aromatic N) is 1. The highest BCUT2D eigenvalue weighted by atomic mass is 16.6. The third kappa shape index (κ3) is 3.14. The number of amides is 1. The first-order valence-corrected chi connectivity index (χ1v) is 8.32. The number of terminal acetylenes is 1. The highest BCUT2D eigenvalue weighted by Crippen LogP contribution is 2.44. The summed E-state index contributed by atoms with van der Waals surface area (Å²) in [7, 11) is 0. The van der Waals surface area contributed by atoms with Crippen LogP contribution in [-0.4, -0.2) is 41.3 Å². The number of hydrogen-bond donors (Lipinski definition) is 1. The zero-order valence-corrected chi connectivity index (χ0v) is 14.4. The number of carboxylic acids is 1. The molecule has 132 valence electrons. The van der Waals surface area contributed by atoms with Crippen molar-refractivity contribution < 1.29 is 19.4 Å². The third-order valence-corrected chi connectivity index (χ3v) is 4.66. The van der Waals surface area contributed by atoms with Crippen molar-refractivity contribution >= 4 is 12.1 Å². The first-order chi connectivity index (χ1) is 12.5. The molecule has 2 aromatic rings. The Balaban J connectivity index is 1.80. The standard InChI is InChI=1S/C21H19NO4/c1-3-12-22(14(2)20(23)24)21(25)26-13-19-17-10-6-4-8-15(17)16-9-5-7-11-18(16)19/h1,4-11,14,19H,12-13H2,2H3,(H,23,24)/t14-/m1/s1. The van der Waals surface area contributed by atoms with Gasteiger partial charge in [-0.2, -0.15) is 0 Å². The molecule has 0 saturated heterocycles. The second-order valence-electron chi connectivity index (χ2n) is 6.15. The molecule has 1 amide bonds. The molecule has 2 aromatic carbocycles.